The molecule has 2 aliphatic rings. The van der Waals surface area contributed by atoms with Crippen LogP contribution >= 0.6 is 23.5 Å². The Labute approximate surface area is 138 Å². The van der Waals surface area contributed by atoms with Crippen molar-refractivity contribution >= 4 is 37.6 Å². The minimum atomic E-state index is -1.93. The summed E-state index contributed by atoms with van der Waals surface area (Å²) in [6.07, 6.45) is 1.45. The van der Waals surface area contributed by atoms with Crippen LogP contribution in [0.3, 0.4) is 0 Å². The summed E-state index contributed by atoms with van der Waals surface area (Å²) in [5.41, 5.74) is 0. The first-order chi connectivity index (χ1) is 9.60. The highest BCUT2D eigenvalue weighted by atomic mass is 32.2. The Morgan fingerprint density at radius 1 is 1.29 bits per heavy atom. The molecule has 6 heteroatoms. The quantitative estimate of drug-likeness (QED) is 0.772. The van der Waals surface area contributed by atoms with Crippen molar-refractivity contribution in [3.8, 4) is 0 Å². The number of carbonyl (C=O) groups is 1. The van der Waals surface area contributed by atoms with E-state index in [-0.39, 0.29) is 16.9 Å². The molecule has 2 atom stereocenters. The molecular weight excluding hydrogens is 320 g/mol. The molecule has 1 heterocycles. The molecule has 0 aromatic rings. The normalized spacial score (nSPS) is 30.7. The van der Waals surface area contributed by atoms with Crippen LogP contribution in [0.25, 0.3) is 0 Å². The summed E-state index contributed by atoms with van der Waals surface area (Å²) in [5, 5.41) is 11.0. The second-order valence-electron chi connectivity index (χ2n) is 7.54. The van der Waals surface area contributed by atoms with Crippen LogP contribution in [0.2, 0.25) is 18.1 Å². The van der Waals surface area contributed by atoms with Crippen molar-refractivity contribution in [3.05, 3.63) is 0 Å². The molecule has 2 rings (SSSR count). The van der Waals surface area contributed by atoms with Crippen LogP contribution in [0.1, 0.15) is 40.0 Å². The van der Waals surface area contributed by atoms with Gasteiger partial charge in [0.2, 0.25) is 0 Å². The van der Waals surface area contributed by atoms with Gasteiger partial charge < -0.3 is 9.53 Å². The summed E-state index contributed by atoms with van der Waals surface area (Å²) < 4.78 is 5.78. The van der Waals surface area contributed by atoms with Gasteiger partial charge >= 0.3 is 0 Å². The maximum atomic E-state index is 12.4. The molecule has 0 radical (unpaired) electrons. The van der Waals surface area contributed by atoms with Gasteiger partial charge in [-0.3, -0.25) is 4.79 Å². The summed E-state index contributed by atoms with van der Waals surface area (Å²) in [4.78, 5) is 12.4. The first-order valence-electron chi connectivity index (χ1n) is 7.77. The van der Waals surface area contributed by atoms with Crippen LogP contribution in [0.4, 0.5) is 0 Å². The van der Waals surface area contributed by atoms with Gasteiger partial charge in [0.15, 0.2) is 14.1 Å². The average molecular weight is 349 g/mol. The van der Waals surface area contributed by atoms with Crippen molar-refractivity contribution in [1.82, 2.24) is 0 Å². The second-order valence-corrected chi connectivity index (χ2v) is 15.2. The van der Waals surface area contributed by atoms with E-state index in [4.69, 9.17) is 4.43 Å². The van der Waals surface area contributed by atoms with Crippen LogP contribution in [0.5, 0.6) is 0 Å². The minimum Gasteiger partial charge on any atom is -0.411 e. The van der Waals surface area contributed by atoms with E-state index in [0.717, 1.165) is 17.9 Å². The maximum Gasteiger partial charge on any atom is 0.192 e. The number of hydrogen-bond donors (Lipinski definition) is 1. The van der Waals surface area contributed by atoms with Gasteiger partial charge in [0.05, 0.1) is 6.10 Å². The molecule has 3 nitrogen and oxygen atoms in total. The molecule has 0 bridgehead atoms. The zero-order valence-electron chi connectivity index (χ0n) is 13.8. The van der Waals surface area contributed by atoms with E-state index in [1.165, 1.54) is 0 Å². The van der Waals surface area contributed by atoms with E-state index in [0.29, 0.717) is 12.8 Å². The van der Waals surface area contributed by atoms with E-state index in [1.807, 2.05) is 0 Å². The SMILES string of the molecule is CC(C)(C)[Si](C)(C)O[C@@H]1CCC(=O)C2(SCCCS2)[C@@H]1O. The molecule has 0 aromatic carbocycles. The summed E-state index contributed by atoms with van der Waals surface area (Å²) in [6.45, 7) is 11.0. The van der Waals surface area contributed by atoms with Crippen LogP contribution < -0.4 is 0 Å². The second kappa shape index (κ2) is 6.19. The van der Waals surface area contributed by atoms with E-state index in [9.17, 15) is 9.90 Å². The van der Waals surface area contributed by atoms with E-state index in [1.54, 1.807) is 23.5 Å². The largest absolute Gasteiger partial charge is 0.411 e. The Morgan fingerprint density at radius 2 is 1.86 bits per heavy atom. The molecule has 0 aromatic heterocycles. The predicted molar refractivity (Wildman–Crippen MR) is 94.6 cm³/mol. The van der Waals surface area contributed by atoms with Gasteiger partial charge in [0, 0.05) is 6.42 Å². The third kappa shape index (κ3) is 3.39. The third-order valence-electron chi connectivity index (χ3n) is 4.96. The average Bonchev–Trinajstić information content (AvgIpc) is 2.40. The lowest BCUT2D eigenvalue weighted by Crippen LogP contribution is -2.58. The van der Waals surface area contributed by atoms with Crippen molar-refractivity contribution in [2.75, 3.05) is 11.5 Å². The molecule has 1 aliphatic heterocycles. The van der Waals surface area contributed by atoms with Crippen LogP contribution in [0, 0.1) is 0 Å². The van der Waals surface area contributed by atoms with Gasteiger partial charge in [-0.1, -0.05) is 20.8 Å². The summed E-state index contributed by atoms with van der Waals surface area (Å²) in [6, 6.07) is 0. The molecule has 1 aliphatic carbocycles. The fourth-order valence-corrected chi connectivity index (χ4v) is 7.30. The van der Waals surface area contributed by atoms with Crippen molar-refractivity contribution < 1.29 is 14.3 Å². The highest BCUT2D eigenvalue weighted by molar-refractivity contribution is 8.20. The van der Waals surface area contributed by atoms with Crippen molar-refractivity contribution in [3.63, 3.8) is 0 Å². The number of aliphatic hydroxyl groups excluding tert-OH is 1. The van der Waals surface area contributed by atoms with E-state index in [2.05, 4.69) is 33.9 Å². The van der Waals surface area contributed by atoms with Gasteiger partial charge in [0.1, 0.15) is 10.2 Å². The van der Waals surface area contributed by atoms with Gasteiger partial charge in [-0.15, -0.1) is 23.5 Å². The molecular formula is C15H28O3S2Si. The van der Waals surface area contributed by atoms with Crippen molar-refractivity contribution in [1.29, 1.82) is 0 Å². The number of carbonyl (C=O) groups excluding carboxylic acids is 1. The standard InChI is InChI=1S/C15H28O3S2Si/c1-14(2,3)21(4,5)18-11-7-8-12(16)15(13(11)17)19-9-6-10-20-15/h11,13,17H,6-10H2,1-5H3/t11-,13-/m1/s1. The summed E-state index contributed by atoms with van der Waals surface area (Å²) in [7, 11) is -1.93. The fourth-order valence-electron chi connectivity index (χ4n) is 2.57. The lowest BCUT2D eigenvalue weighted by Gasteiger charge is -2.48. The highest BCUT2D eigenvalue weighted by Gasteiger charge is 2.54. The van der Waals surface area contributed by atoms with Crippen LogP contribution in [0.15, 0.2) is 0 Å². The van der Waals surface area contributed by atoms with Crippen molar-refractivity contribution in [2.45, 2.75) is 74.5 Å². The Morgan fingerprint density at radius 3 is 2.38 bits per heavy atom. The molecule has 21 heavy (non-hydrogen) atoms. The maximum absolute atomic E-state index is 12.4. The van der Waals surface area contributed by atoms with E-state index >= 15 is 0 Å². The number of Topliss-reactive ketones (excluding diaryl/α,β-unsaturated/α-hetero) is 1. The van der Waals surface area contributed by atoms with Gasteiger partial charge in [-0.05, 0) is 42.5 Å². The number of aliphatic hydroxyl groups is 1. The molecule has 1 saturated heterocycles. The zero-order chi connectivity index (χ0) is 15.9. The Bertz CT molecular complexity index is 400. The molecule has 1 saturated carbocycles. The first-order valence-corrected chi connectivity index (χ1v) is 12.7. The van der Waals surface area contributed by atoms with E-state index < -0.39 is 18.5 Å². The molecule has 1 spiro atoms. The lowest BCUT2D eigenvalue weighted by molar-refractivity contribution is -0.127. The monoisotopic (exact) mass is 348 g/mol. The highest BCUT2D eigenvalue weighted by Crippen LogP contribution is 2.51. The van der Waals surface area contributed by atoms with Gasteiger partial charge in [-0.25, -0.2) is 0 Å². The predicted octanol–water partition coefficient (Wildman–Crippen LogP) is 3.67. The zero-order valence-corrected chi connectivity index (χ0v) is 16.4. The topological polar surface area (TPSA) is 46.5 Å². The third-order valence-corrected chi connectivity index (χ3v) is 13.0. The van der Waals surface area contributed by atoms with Crippen LogP contribution in [-0.4, -0.2) is 47.0 Å². The smallest absolute Gasteiger partial charge is 0.192 e. The Kier molecular flexibility index (Phi) is 5.26. The number of thioether (sulfide) groups is 2. The minimum absolute atomic E-state index is 0.119. The molecule has 0 unspecified atom stereocenters. The Balaban J connectivity index is 2.17. The number of hydrogen-bond acceptors (Lipinski definition) is 5. The van der Waals surface area contributed by atoms with Gasteiger partial charge in [-0.2, -0.15) is 0 Å². The molecule has 1 N–H and O–H groups in total. The van der Waals surface area contributed by atoms with Gasteiger partial charge in [0.25, 0.3) is 0 Å². The molecule has 0 amide bonds. The lowest BCUT2D eigenvalue weighted by atomic mass is 9.92. The summed E-state index contributed by atoms with van der Waals surface area (Å²) in [5.74, 6) is 2.13. The fraction of sp³-hybridized carbons (Fsp3) is 0.933. The Hall–Kier alpha value is 0.507. The number of ketones is 1. The first kappa shape index (κ1) is 17.9. The van der Waals surface area contributed by atoms with Crippen LogP contribution in [-0.2, 0) is 9.22 Å². The summed E-state index contributed by atoms with van der Waals surface area (Å²) >= 11 is 3.28. The number of rotatable bonds is 2. The molecule has 122 valence electrons. The molecule has 2 fully saturated rings. The van der Waals surface area contributed by atoms with Crippen molar-refractivity contribution in [2.24, 2.45) is 0 Å².